The van der Waals surface area contributed by atoms with Crippen LogP contribution in [0, 0.1) is 0 Å². The number of hydrogen-bond acceptors (Lipinski definition) is 3. The summed E-state index contributed by atoms with van der Waals surface area (Å²) in [5.74, 6) is 1.66. The average Bonchev–Trinajstić information content (AvgIpc) is 2.95. The summed E-state index contributed by atoms with van der Waals surface area (Å²) in [6.45, 7) is 0.737. The van der Waals surface area contributed by atoms with Gasteiger partial charge in [-0.2, -0.15) is 0 Å². The van der Waals surface area contributed by atoms with Crippen LogP contribution in [0.25, 0.3) is 0 Å². The van der Waals surface area contributed by atoms with Crippen LogP contribution in [-0.4, -0.2) is 6.61 Å². The molecule has 1 atom stereocenters. The van der Waals surface area contributed by atoms with Gasteiger partial charge >= 0.3 is 0 Å². The van der Waals surface area contributed by atoms with Crippen LogP contribution in [0.5, 0.6) is 5.75 Å². The molecule has 1 aliphatic rings. The summed E-state index contributed by atoms with van der Waals surface area (Å²) in [6, 6.07) is 9.53. The molecule has 0 aliphatic carbocycles. The summed E-state index contributed by atoms with van der Waals surface area (Å²) in [6.07, 6.45) is 0.956. The lowest BCUT2D eigenvalue weighted by atomic mass is 10.0. The van der Waals surface area contributed by atoms with Crippen LogP contribution < -0.4 is 10.5 Å². The van der Waals surface area contributed by atoms with Crippen molar-refractivity contribution in [3.05, 3.63) is 51.9 Å². The van der Waals surface area contributed by atoms with Gasteiger partial charge in [0.05, 0.1) is 12.6 Å². The van der Waals surface area contributed by atoms with Crippen molar-refractivity contribution in [3.63, 3.8) is 0 Å². The van der Waals surface area contributed by atoms with Gasteiger partial charge in [0.15, 0.2) is 4.67 Å². The monoisotopic (exact) mass is 293 g/mol. The molecule has 88 valence electrons. The fraction of sp³-hybridized carbons (Fsp3) is 0.231. The third-order valence-corrected chi connectivity index (χ3v) is 3.41. The second-order valence-electron chi connectivity index (χ2n) is 4.05. The maximum atomic E-state index is 6.21. The van der Waals surface area contributed by atoms with E-state index in [4.69, 9.17) is 14.9 Å². The Morgan fingerprint density at radius 2 is 2.12 bits per heavy atom. The molecule has 1 aliphatic heterocycles. The first-order valence-electron chi connectivity index (χ1n) is 5.51. The van der Waals surface area contributed by atoms with Crippen molar-refractivity contribution >= 4 is 15.9 Å². The Bertz CT molecular complexity index is 550. The first-order chi connectivity index (χ1) is 8.25. The van der Waals surface area contributed by atoms with E-state index in [-0.39, 0.29) is 6.04 Å². The molecule has 2 N–H and O–H groups in total. The SMILES string of the molecule is NC(c1ccc(Br)o1)c1cccc2c1OCC2. The largest absolute Gasteiger partial charge is 0.493 e. The Morgan fingerprint density at radius 3 is 2.88 bits per heavy atom. The molecule has 17 heavy (non-hydrogen) atoms. The van der Waals surface area contributed by atoms with E-state index in [1.807, 2.05) is 24.3 Å². The minimum absolute atomic E-state index is 0.283. The Balaban J connectivity index is 2.02. The van der Waals surface area contributed by atoms with E-state index in [9.17, 15) is 0 Å². The van der Waals surface area contributed by atoms with E-state index in [2.05, 4.69) is 22.0 Å². The zero-order chi connectivity index (χ0) is 11.8. The van der Waals surface area contributed by atoms with Crippen LogP contribution in [0.3, 0.4) is 0 Å². The third kappa shape index (κ3) is 1.87. The van der Waals surface area contributed by atoms with E-state index in [1.165, 1.54) is 5.56 Å². The minimum Gasteiger partial charge on any atom is -0.493 e. The normalized spacial score (nSPS) is 15.4. The summed E-state index contributed by atoms with van der Waals surface area (Å²) in [5, 5.41) is 0. The lowest BCUT2D eigenvalue weighted by molar-refractivity contribution is 0.350. The fourth-order valence-corrected chi connectivity index (χ4v) is 2.45. The molecule has 0 spiro atoms. The smallest absolute Gasteiger partial charge is 0.169 e. The number of rotatable bonds is 2. The number of ether oxygens (including phenoxy) is 1. The number of nitrogens with two attached hydrogens (primary N) is 1. The molecule has 4 heteroatoms. The molecule has 0 fully saturated rings. The van der Waals surface area contributed by atoms with Crippen LogP contribution >= 0.6 is 15.9 Å². The van der Waals surface area contributed by atoms with Crippen LogP contribution in [0.2, 0.25) is 0 Å². The standard InChI is InChI=1S/C13H12BrNO2/c14-11-5-4-10(17-11)12(15)9-3-1-2-8-6-7-16-13(8)9/h1-5,12H,6-7,15H2. The predicted molar refractivity (Wildman–Crippen MR) is 68.1 cm³/mol. The summed E-state index contributed by atoms with van der Waals surface area (Å²) in [7, 11) is 0. The van der Waals surface area contributed by atoms with Crippen molar-refractivity contribution in [2.24, 2.45) is 5.73 Å². The number of fused-ring (bicyclic) bond motifs is 1. The van der Waals surface area contributed by atoms with Gasteiger partial charge in [0.25, 0.3) is 0 Å². The van der Waals surface area contributed by atoms with Crippen LogP contribution in [0.4, 0.5) is 0 Å². The summed E-state index contributed by atoms with van der Waals surface area (Å²) in [5.41, 5.74) is 8.42. The summed E-state index contributed by atoms with van der Waals surface area (Å²) >= 11 is 3.28. The molecule has 1 aromatic carbocycles. The fourth-order valence-electron chi connectivity index (χ4n) is 2.13. The highest BCUT2D eigenvalue weighted by atomic mass is 79.9. The van der Waals surface area contributed by atoms with Crippen LogP contribution in [0.15, 0.2) is 39.4 Å². The van der Waals surface area contributed by atoms with Crippen molar-refractivity contribution < 1.29 is 9.15 Å². The Kier molecular flexibility index (Phi) is 2.68. The molecule has 3 nitrogen and oxygen atoms in total. The van der Waals surface area contributed by atoms with Gasteiger partial charge in [-0.1, -0.05) is 18.2 Å². The quantitative estimate of drug-likeness (QED) is 0.926. The summed E-state index contributed by atoms with van der Waals surface area (Å²) < 4.78 is 11.8. The second-order valence-corrected chi connectivity index (χ2v) is 4.84. The molecular weight excluding hydrogens is 282 g/mol. The highest BCUT2D eigenvalue weighted by Gasteiger charge is 2.22. The van der Waals surface area contributed by atoms with Crippen molar-refractivity contribution in [2.45, 2.75) is 12.5 Å². The average molecular weight is 294 g/mol. The number of furan rings is 1. The van der Waals surface area contributed by atoms with Crippen molar-refractivity contribution in [1.82, 2.24) is 0 Å². The van der Waals surface area contributed by atoms with E-state index >= 15 is 0 Å². The molecule has 3 rings (SSSR count). The molecular formula is C13H12BrNO2. The number of halogens is 1. The zero-order valence-electron chi connectivity index (χ0n) is 9.15. The maximum absolute atomic E-state index is 6.21. The van der Waals surface area contributed by atoms with E-state index in [0.29, 0.717) is 4.67 Å². The molecule has 0 bridgehead atoms. The Hall–Kier alpha value is -1.26. The molecule has 0 saturated heterocycles. The van der Waals surface area contributed by atoms with Gasteiger partial charge < -0.3 is 14.9 Å². The highest BCUT2D eigenvalue weighted by molar-refractivity contribution is 9.10. The van der Waals surface area contributed by atoms with Gasteiger partial charge in [0.1, 0.15) is 11.5 Å². The predicted octanol–water partition coefficient (Wildman–Crippen LogP) is 3.03. The Labute approximate surface area is 108 Å². The maximum Gasteiger partial charge on any atom is 0.169 e. The topological polar surface area (TPSA) is 48.4 Å². The van der Waals surface area contributed by atoms with Gasteiger partial charge in [-0.25, -0.2) is 0 Å². The van der Waals surface area contributed by atoms with E-state index in [0.717, 1.165) is 30.1 Å². The van der Waals surface area contributed by atoms with Gasteiger partial charge in [-0.3, -0.25) is 0 Å². The highest BCUT2D eigenvalue weighted by Crippen LogP contribution is 2.35. The zero-order valence-corrected chi connectivity index (χ0v) is 10.7. The third-order valence-electron chi connectivity index (χ3n) is 2.98. The van der Waals surface area contributed by atoms with Gasteiger partial charge in [0, 0.05) is 12.0 Å². The molecule has 2 heterocycles. The molecule has 0 saturated carbocycles. The van der Waals surface area contributed by atoms with Crippen molar-refractivity contribution in [2.75, 3.05) is 6.61 Å². The van der Waals surface area contributed by atoms with Gasteiger partial charge in [0.2, 0.25) is 0 Å². The molecule has 1 aromatic heterocycles. The number of hydrogen-bond donors (Lipinski definition) is 1. The van der Waals surface area contributed by atoms with E-state index < -0.39 is 0 Å². The minimum atomic E-state index is -0.283. The molecule has 1 unspecified atom stereocenters. The number of para-hydroxylation sites is 1. The second kappa shape index (κ2) is 4.20. The van der Waals surface area contributed by atoms with Crippen LogP contribution in [0.1, 0.15) is 22.9 Å². The van der Waals surface area contributed by atoms with Crippen molar-refractivity contribution in [1.29, 1.82) is 0 Å². The van der Waals surface area contributed by atoms with Crippen molar-refractivity contribution in [3.8, 4) is 5.75 Å². The van der Waals surface area contributed by atoms with Crippen LogP contribution in [-0.2, 0) is 6.42 Å². The van der Waals surface area contributed by atoms with Gasteiger partial charge in [-0.15, -0.1) is 0 Å². The first kappa shape index (κ1) is 10.9. The van der Waals surface area contributed by atoms with Gasteiger partial charge in [-0.05, 0) is 33.6 Å². The molecule has 2 aromatic rings. The molecule has 0 radical (unpaired) electrons. The first-order valence-corrected chi connectivity index (χ1v) is 6.30. The lowest BCUT2D eigenvalue weighted by Crippen LogP contribution is -2.12. The summed E-state index contributed by atoms with van der Waals surface area (Å²) in [4.78, 5) is 0. The Morgan fingerprint density at radius 1 is 1.24 bits per heavy atom. The number of benzene rings is 1. The van der Waals surface area contributed by atoms with E-state index in [1.54, 1.807) is 0 Å². The molecule has 0 amide bonds. The lowest BCUT2D eigenvalue weighted by Gasteiger charge is -2.13.